The molecular weight excluding hydrogens is 402 g/mol. The summed E-state index contributed by atoms with van der Waals surface area (Å²) in [6, 6.07) is 16.3. The number of urea groups is 1. The van der Waals surface area contributed by atoms with E-state index in [1.54, 1.807) is 0 Å². The van der Waals surface area contributed by atoms with Crippen LogP contribution in [0.3, 0.4) is 0 Å². The van der Waals surface area contributed by atoms with Crippen LogP contribution in [0, 0.1) is 6.92 Å². The maximum Gasteiger partial charge on any atom is 0.321 e. The summed E-state index contributed by atoms with van der Waals surface area (Å²) in [5.41, 5.74) is 2.78. The Morgan fingerprint density at radius 3 is 2.50 bits per heavy atom. The van der Waals surface area contributed by atoms with Crippen molar-refractivity contribution in [3.8, 4) is 5.75 Å². The van der Waals surface area contributed by atoms with Crippen molar-refractivity contribution in [3.05, 3.63) is 59.7 Å². The summed E-state index contributed by atoms with van der Waals surface area (Å²) in [6.07, 6.45) is 5.04. The van der Waals surface area contributed by atoms with Gasteiger partial charge < -0.3 is 20.3 Å². The highest BCUT2D eigenvalue weighted by atomic mass is 16.5. The van der Waals surface area contributed by atoms with Gasteiger partial charge in [-0.05, 0) is 49.9 Å². The van der Waals surface area contributed by atoms with E-state index >= 15 is 0 Å². The molecule has 2 heterocycles. The highest BCUT2D eigenvalue weighted by Crippen LogP contribution is 2.46. The van der Waals surface area contributed by atoms with Gasteiger partial charge in [-0.15, -0.1) is 0 Å². The Labute approximate surface area is 189 Å². The highest BCUT2D eigenvalue weighted by Gasteiger charge is 2.44. The number of hydrogen-bond donors (Lipinski definition) is 2. The quantitative estimate of drug-likeness (QED) is 0.741. The van der Waals surface area contributed by atoms with Crippen LogP contribution in [0.4, 0.5) is 10.5 Å². The number of piperidine rings is 1. The lowest BCUT2D eigenvalue weighted by atomic mass is 9.76. The zero-order chi connectivity index (χ0) is 22.1. The van der Waals surface area contributed by atoms with E-state index in [0.717, 1.165) is 54.7 Å². The van der Waals surface area contributed by atoms with Gasteiger partial charge in [0.25, 0.3) is 0 Å². The molecule has 5 rings (SSSR count). The number of para-hydroxylation sites is 1. The van der Waals surface area contributed by atoms with Crippen LogP contribution >= 0.6 is 0 Å². The van der Waals surface area contributed by atoms with Crippen LogP contribution in [0.2, 0.25) is 0 Å². The van der Waals surface area contributed by atoms with Crippen LogP contribution in [0.15, 0.2) is 48.5 Å². The van der Waals surface area contributed by atoms with Crippen LogP contribution in [0.5, 0.6) is 5.75 Å². The van der Waals surface area contributed by atoms with Crippen LogP contribution in [-0.2, 0) is 4.79 Å². The van der Waals surface area contributed by atoms with Crippen molar-refractivity contribution in [1.29, 1.82) is 0 Å². The van der Waals surface area contributed by atoms with Crippen molar-refractivity contribution in [2.45, 2.75) is 63.0 Å². The predicted octanol–water partition coefficient (Wildman–Crippen LogP) is 4.60. The number of ether oxygens (including phenoxy) is 1. The van der Waals surface area contributed by atoms with E-state index in [4.69, 9.17) is 4.74 Å². The SMILES string of the molecule is Cc1ccc(NC(=O)N2CCC3(CC2)C[C@H](CC(=O)NC2CC2)c2ccccc2O3)cc1. The minimum Gasteiger partial charge on any atom is -0.487 e. The predicted molar refractivity (Wildman–Crippen MR) is 124 cm³/mol. The van der Waals surface area contributed by atoms with E-state index < -0.39 is 0 Å². The number of likely N-dealkylation sites (tertiary alicyclic amines) is 1. The molecule has 2 aromatic rings. The average Bonchev–Trinajstić information content (AvgIpc) is 3.59. The zero-order valence-electron chi connectivity index (χ0n) is 18.6. The molecule has 168 valence electrons. The van der Waals surface area contributed by atoms with Crippen LogP contribution in [0.25, 0.3) is 0 Å². The Morgan fingerprint density at radius 1 is 1.06 bits per heavy atom. The lowest BCUT2D eigenvalue weighted by molar-refractivity contribution is -0.122. The van der Waals surface area contributed by atoms with Crippen molar-refractivity contribution < 1.29 is 14.3 Å². The molecule has 2 N–H and O–H groups in total. The third-order valence-electron chi connectivity index (χ3n) is 6.94. The lowest BCUT2D eigenvalue weighted by Gasteiger charge is -2.46. The highest BCUT2D eigenvalue weighted by molar-refractivity contribution is 5.89. The second-order valence-electron chi connectivity index (χ2n) is 9.55. The number of benzene rings is 2. The Bertz CT molecular complexity index is 992. The largest absolute Gasteiger partial charge is 0.487 e. The van der Waals surface area contributed by atoms with Crippen LogP contribution < -0.4 is 15.4 Å². The van der Waals surface area contributed by atoms with E-state index in [0.29, 0.717) is 25.6 Å². The van der Waals surface area contributed by atoms with Gasteiger partial charge in [0.05, 0.1) is 0 Å². The van der Waals surface area contributed by atoms with E-state index in [2.05, 4.69) is 16.7 Å². The van der Waals surface area contributed by atoms with Gasteiger partial charge in [-0.1, -0.05) is 35.9 Å². The number of hydrogen-bond acceptors (Lipinski definition) is 3. The lowest BCUT2D eigenvalue weighted by Crippen LogP contribution is -2.52. The van der Waals surface area contributed by atoms with Gasteiger partial charge in [0.2, 0.25) is 5.91 Å². The molecule has 6 heteroatoms. The third kappa shape index (κ3) is 4.59. The molecule has 6 nitrogen and oxygen atoms in total. The number of rotatable bonds is 4. The normalized spacial score (nSPS) is 21.4. The van der Waals surface area contributed by atoms with Gasteiger partial charge in [0.1, 0.15) is 11.4 Å². The van der Waals surface area contributed by atoms with E-state index in [9.17, 15) is 9.59 Å². The Hall–Kier alpha value is -3.02. The molecule has 3 amide bonds. The molecule has 2 aromatic carbocycles. The van der Waals surface area contributed by atoms with Crippen LogP contribution in [-0.4, -0.2) is 41.6 Å². The number of amides is 3. The van der Waals surface area contributed by atoms with Gasteiger partial charge in [0.15, 0.2) is 0 Å². The fraction of sp³-hybridized carbons (Fsp3) is 0.462. The van der Waals surface area contributed by atoms with Gasteiger partial charge in [0, 0.05) is 50.0 Å². The van der Waals surface area contributed by atoms with Gasteiger partial charge in [-0.25, -0.2) is 4.79 Å². The summed E-state index contributed by atoms with van der Waals surface area (Å²) in [7, 11) is 0. The number of aryl methyl sites for hydroxylation is 1. The Balaban J connectivity index is 1.24. The minimum atomic E-state index is -0.320. The van der Waals surface area contributed by atoms with Crippen molar-refractivity contribution in [2.75, 3.05) is 18.4 Å². The molecule has 1 atom stereocenters. The number of carbonyl (C=O) groups excluding carboxylic acids is 2. The van der Waals surface area contributed by atoms with Gasteiger partial charge in [-0.3, -0.25) is 4.79 Å². The molecule has 2 aliphatic heterocycles. The zero-order valence-corrected chi connectivity index (χ0v) is 18.6. The van der Waals surface area contributed by atoms with Gasteiger partial charge >= 0.3 is 6.03 Å². The summed E-state index contributed by atoms with van der Waals surface area (Å²) >= 11 is 0. The summed E-state index contributed by atoms with van der Waals surface area (Å²) in [6.45, 7) is 3.31. The maximum atomic E-state index is 12.8. The second kappa shape index (κ2) is 8.49. The smallest absolute Gasteiger partial charge is 0.321 e. The first-order chi connectivity index (χ1) is 15.5. The number of nitrogens with one attached hydrogen (secondary N) is 2. The number of nitrogens with zero attached hydrogens (tertiary/aromatic N) is 1. The Morgan fingerprint density at radius 2 is 1.78 bits per heavy atom. The minimum absolute atomic E-state index is 0.0692. The summed E-state index contributed by atoms with van der Waals surface area (Å²) < 4.78 is 6.54. The Kier molecular flexibility index (Phi) is 5.53. The van der Waals surface area contributed by atoms with Crippen molar-refractivity contribution >= 4 is 17.6 Å². The molecule has 1 aliphatic carbocycles. The first-order valence-electron chi connectivity index (χ1n) is 11.7. The number of fused-ring (bicyclic) bond motifs is 1. The average molecular weight is 434 g/mol. The summed E-state index contributed by atoms with van der Waals surface area (Å²) in [4.78, 5) is 27.2. The molecule has 0 unspecified atom stereocenters. The monoisotopic (exact) mass is 433 g/mol. The standard InChI is InChI=1S/C26H31N3O3/c1-18-6-8-21(9-7-18)28-25(31)29-14-12-26(13-15-29)17-19(16-24(30)27-20-10-11-20)22-4-2-3-5-23(22)32-26/h2-9,19-20H,10-17H2,1H3,(H,27,30)(H,28,31)/t19-/m0/s1. The van der Waals surface area contributed by atoms with Crippen molar-refractivity contribution in [1.82, 2.24) is 10.2 Å². The van der Waals surface area contributed by atoms with E-state index in [-0.39, 0.29) is 23.5 Å². The molecule has 32 heavy (non-hydrogen) atoms. The molecule has 0 radical (unpaired) electrons. The fourth-order valence-corrected chi connectivity index (χ4v) is 4.93. The molecule has 1 saturated heterocycles. The van der Waals surface area contributed by atoms with E-state index in [1.807, 2.05) is 54.3 Å². The summed E-state index contributed by atoms with van der Waals surface area (Å²) in [5, 5.41) is 6.13. The topological polar surface area (TPSA) is 70.7 Å². The third-order valence-corrected chi connectivity index (χ3v) is 6.94. The molecule has 0 bridgehead atoms. The molecule has 1 saturated carbocycles. The fourth-order valence-electron chi connectivity index (χ4n) is 4.93. The van der Waals surface area contributed by atoms with Crippen LogP contribution in [0.1, 0.15) is 55.6 Å². The molecule has 3 aliphatic rings. The van der Waals surface area contributed by atoms with E-state index in [1.165, 1.54) is 0 Å². The molecule has 0 aromatic heterocycles. The molecule has 1 spiro atoms. The first kappa shape index (κ1) is 20.9. The van der Waals surface area contributed by atoms with Crippen molar-refractivity contribution in [3.63, 3.8) is 0 Å². The maximum absolute atomic E-state index is 12.8. The van der Waals surface area contributed by atoms with Crippen molar-refractivity contribution in [2.24, 2.45) is 0 Å². The second-order valence-corrected chi connectivity index (χ2v) is 9.55. The number of carbonyl (C=O) groups is 2. The molecular formula is C26H31N3O3. The molecule has 2 fully saturated rings. The first-order valence-corrected chi connectivity index (χ1v) is 11.7. The summed E-state index contributed by atoms with van der Waals surface area (Å²) in [5.74, 6) is 1.17. The number of anilines is 1. The van der Waals surface area contributed by atoms with Gasteiger partial charge in [-0.2, -0.15) is 0 Å².